The molecule has 53 heavy (non-hydrogen) atoms. The number of benzene rings is 6. The van der Waals surface area contributed by atoms with Crippen LogP contribution in [-0.4, -0.2) is 14.5 Å². The number of aromatic nitrogens is 3. The van der Waals surface area contributed by atoms with Crippen molar-refractivity contribution in [1.29, 1.82) is 0 Å². The zero-order valence-corrected chi connectivity index (χ0v) is 30.0. The van der Waals surface area contributed by atoms with E-state index in [4.69, 9.17) is 9.97 Å². The summed E-state index contributed by atoms with van der Waals surface area (Å²) in [5.74, 6) is 0.704. The Kier molecular flexibility index (Phi) is 8.05. The largest absolute Gasteiger partial charge is 0.309 e. The van der Waals surface area contributed by atoms with Gasteiger partial charge in [-0.25, -0.2) is 9.97 Å². The van der Waals surface area contributed by atoms with E-state index in [2.05, 4.69) is 189 Å². The van der Waals surface area contributed by atoms with Crippen LogP contribution in [0.5, 0.6) is 0 Å². The lowest BCUT2D eigenvalue weighted by Gasteiger charge is -2.29. The molecule has 0 N–H and O–H groups in total. The Bertz CT molecular complexity index is 2660. The van der Waals surface area contributed by atoms with Crippen molar-refractivity contribution in [2.24, 2.45) is 0 Å². The third-order valence-electron chi connectivity index (χ3n) is 10.7. The van der Waals surface area contributed by atoms with E-state index >= 15 is 0 Å². The molecule has 6 aromatic carbocycles. The summed E-state index contributed by atoms with van der Waals surface area (Å²) >= 11 is 0. The molecule has 1 aliphatic rings. The van der Waals surface area contributed by atoms with Gasteiger partial charge >= 0.3 is 0 Å². The number of allylic oxidation sites excluding steroid dienone is 5. The van der Waals surface area contributed by atoms with Crippen molar-refractivity contribution in [3.8, 4) is 50.7 Å². The van der Waals surface area contributed by atoms with E-state index in [0.29, 0.717) is 5.82 Å². The topological polar surface area (TPSA) is 30.7 Å². The van der Waals surface area contributed by atoms with Crippen LogP contribution in [0.1, 0.15) is 25.0 Å². The van der Waals surface area contributed by atoms with Crippen LogP contribution < -0.4 is 0 Å². The van der Waals surface area contributed by atoms with Gasteiger partial charge in [0.1, 0.15) is 0 Å². The second kappa shape index (κ2) is 13.2. The summed E-state index contributed by atoms with van der Waals surface area (Å²) in [6.07, 6.45) is 9.51. The molecule has 8 aromatic rings. The van der Waals surface area contributed by atoms with Crippen LogP contribution in [0.4, 0.5) is 0 Å². The van der Waals surface area contributed by atoms with Crippen LogP contribution in [-0.2, 0) is 11.8 Å². The predicted octanol–water partition coefficient (Wildman–Crippen LogP) is 12.7. The monoisotopic (exact) mass is 681 g/mol. The molecule has 0 amide bonds. The van der Waals surface area contributed by atoms with Gasteiger partial charge in [0.25, 0.3) is 0 Å². The Morgan fingerprint density at radius 1 is 0.547 bits per heavy atom. The average molecular weight is 682 g/mol. The third kappa shape index (κ3) is 5.91. The molecule has 2 aromatic heterocycles. The van der Waals surface area contributed by atoms with E-state index in [0.717, 1.165) is 56.9 Å². The van der Waals surface area contributed by atoms with Crippen LogP contribution in [0.25, 0.3) is 72.5 Å². The lowest BCUT2D eigenvalue weighted by molar-refractivity contribution is 0.636. The Morgan fingerprint density at radius 3 is 1.85 bits per heavy atom. The number of nitrogens with zero attached hydrogens (tertiary/aromatic N) is 3. The minimum atomic E-state index is -0.226. The van der Waals surface area contributed by atoms with Gasteiger partial charge in [0.15, 0.2) is 5.82 Å². The maximum atomic E-state index is 5.11. The number of fused-ring (bicyclic) bond motifs is 4. The molecule has 0 atom stereocenters. The summed E-state index contributed by atoms with van der Waals surface area (Å²) in [6, 6.07) is 53.8. The van der Waals surface area contributed by atoms with Crippen LogP contribution in [0.15, 0.2) is 188 Å². The molecule has 2 heterocycles. The Morgan fingerprint density at radius 2 is 1.15 bits per heavy atom. The summed E-state index contributed by atoms with van der Waals surface area (Å²) in [5, 5.41) is 2.47. The smallest absolute Gasteiger partial charge is 0.160 e. The molecule has 0 spiro atoms. The van der Waals surface area contributed by atoms with E-state index in [-0.39, 0.29) is 5.41 Å². The van der Waals surface area contributed by atoms with E-state index in [1.807, 2.05) is 12.1 Å². The maximum Gasteiger partial charge on any atom is 0.160 e. The van der Waals surface area contributed by atoms with Crippen LogP contribution in [0.2, 0.25) is 0 Å². The number of hydrogen-bond acceptors (Lipinski definition) is 2. The zero-order valence-electron chi connectivity index (χ0n) is 30.0. The first kappa shape index (κ1) is 32.3. The van der Waals surface area contributed by atoms with Gasteiger partial charge in [0.05, 0.1) is 22.4 Å². The van der Waals surface area contributed by atoms with E-state index in [9.17, 15) is 0 Å². The predicted molar refractivity (Wildman–Crippen MR) is 222 cm³/mol. The molecule has 9 rings (SSSR count). The van der Waals surface area contributed by atoms with Crippen LogP contribution >= 0.6 is 0 Å². The molecule has 3 heteroatoms. The number of hydrogen-bond donors (Lipinski definition) is 0. The highest BCUT2D eigenvalue weighted by atomic mass is 15.0. The average Bonchev–Trinajstić information content (AvgIpc) is 3.55. The SMILES string of the molecule is C=C1/C=C\C=C/Cc2cc3c4cc(-c5cccc(-c6nc(-c7ccccc7)cc(-c7ccccc7)n6)c5)ccc4n(-c4ccccc4)c3cc2C1(C)C. The first-order chi connectivity index (χ1) is 25.9. The highest BCUT2D eigenvalue weighted by Crippen LogP contribution is 2.42. The lowest BCUT2D eigenvalue weighted by Crippen LogP contribution is -2.20. The van der Waals surface area contributed by atoms with Crippen molar-refractivity contribution < 1.29 is 0 Å². The molecule has 0 bridgehead atoms. The summed E-state index contributed by atoms with van der Waals surface area (Å²) < 4.78 is 2.41. The summed E-state index contributed by atoms with van der Waals surface area (Å²) in [7, 11) is 0. The van der Waals surface area contributed by atoms with Gasteiger partial charge in [-0.05, 0) is 82.8 Å². The van der Waals surface area contributed by atoms with Gasteiger partial charge in [-0.1, -0.05) is 148 Å². The fourth-order valence-electron chi connectivity index (χ4n) is 7.65. The van der Waals surface area contributed by atoms with Crippen LogP contribution in [0.3, 0.4) is 0 Å². The summed E-state index contributed by atoms with van der Waals surface area (Å²) in [5.41, 5.74) is 14.2. The standard InChI is InChI=1S/C50H39N3/c1-34-17-8-4-13-22-39-31-43-42-30-38(27-28-47(42)53(41-25-14-7-15-26-41)48(43)32-44(39)50(34,2)3)37-23-16-24-40(29-37)49-51-45(35-18-9-5-10-19-35)33-46(52-49)36-20-11-6-12-21-36/h4-21,23-33H,1,22H2,2-3H3/b13-4-,17-8-. The van der Waals surface area contributed by atoms with Crippen LogP contribution in [0, 0.1) is 0 Å². The van der Waals surface area contributed by atoms with Crippen molar-refractivity contribution >= 4 is 21.8 Å². The van der Waals surface area contributed by atoms with Gasteiger partial charge in [-0.15, -0.1) is 0 Å². The van der Waals surface area contributed by atoms with Crippen molar-refractivity contribution in [3.63, 3.8) is 0 Å². The van der Waals surface area contributed by atoms with Gasteiger partial charge in [0.2, 0.25) is 0 Å². The fraction of sp³-hybridized carbons (Fsp3) is 0.0800. The lowest BCUT2D eigenvalue weighted by atomic mass is 9.75. The quantitative estimate of drug-likeness (QED) is 0.181. The van der Waals surface area contributed by atoms with Crippen molar-refractivity contribution in [2.45, 2.75) is 25.7 Å². The molecule has 0 aliphatic heterocycles. The molecule has 0 saturated heterocycles. The molecule has 254 valence electrons. The maximum absolute atomic E-state index is 5.11. The zero-order chi connectivity index (χ0) is 35.9. The van der Waals surface area contributed by atoms with Crippen molar-refractivity contribution in [3.05, 3.63) is 199 Å². The molecule has 0 radical (unpaired) electrons. The van der Waals surface area contributed by atoms with Gasteiger partial charge in [-0.2, -0.15) is 0 Å². The number of rotatable bonds is 5. The minimum absolute atomic E-state index is 0.226. The molecule has 0 fully saturated rings. The first-order valence-corrected chi connectivity index (χ1v) is 18.2. The van der Waals surface area contributed by atoms with Gasteiger partial charge < -0.3 is 4.57 Å². The second-order valence-corrected chi connectivity index (χ2v) is 14.3. The number of para-hydroxylation sites is 1. The van der Waals surface area contributed by atoms with E-state index in [1.165, 1.54) is 32.9 Å². The van der Waals surface area contributed by atoms with E-state index < -0.39 is 0 Å². The highest BCUT2D eigenvalue weighted by molar-refractivity contribution is 6.11. The minimum Gasteiger partial charge on any atom is -0.309 e. The van der Waals surface area contributed by atoms with Gasteiger partial charge in [-0.3, -0.25) is 0 Å². The molecule has 0 saturated carbocycles. The van der Waals surface area contributed by atoms with Crippen molar-refractivity contribution in [2.75, 3.05) is 0 Å². The first-order valence-electron chi connectivity index (χ1n) is 18.2. The Balaban J connectivity index is 1.22. The second-order valence-electron chi connectivity index (χ2n) is 14.3. The summed E-state index contributed by atoms with van der Waals surface area (Å²) in [6.45, 7) is 9.07. The van der Waals surface area contributed by atoms with Gasteiger partial charge in [0, 0.05) is 38.6 Å². The highest BCUT2D eigenvalue weighted by Gasteiger charge is 2.28. The Hall–Kier alpha value is -6.58. The summed E-state index contributed by atoms with van der Waals surface area (Å²) in [4.78, 5) is 10.2. The fourth-order valence-corrected chi connectivity index (χ4v) is 7.65. The molecular weight excluding hydrogens is 643 g/mol. The molecule has 0 unspecified atom stereocenters. The van der Waals surface area contributed by atoms with E-state index in [1.54, 1.807) is 0 Å². The normalized spacial score (nSPS) is 15.0. The molecule has 1 aliphatic carbocycles. The molecular formula is C50H39N3. The molecule has 3 nitrogen and oxygen atoms in total. The Labute approximate surface area is 311 Å². The van der Waals surface area contributed by atoms with Crippen molar-refractivity contribution in [1.82, 2.24) is 14.5 Å². The third-order valence-corrected chi connectivity index (χ3v) is 10.7.